The first-order chi connectivity index (χ1) is 13.4. The number of aliphatic carboxylic acids is 1. The molecule has 28 heavy (non-hydrogen) atoms. The van der Waals surface area contributed by atoms with Crippen molar-refractivity contribution in [2.75, 3.05) is 18.4 Å². The highest BCUT2D eigenvalue weighted by atomic mass is 35.5. The first-order valence-electron chi connectivity index (χ1n) is 9.64. The number of hydrogen-bond acceptors (Lipinski definition) is 3. The molecule has 2 aromatic rings. The summed E-state index contributed by atoms with van der Waals surface area (Å²) in [5.74, 6) is -1.41. The fraction of sp³-hybridized carbons (Fsp3) is 0.409. The lowest BCUT2D eigenvalue weighted by atomic mass is 10.0. The van der Waals surface area contributed by atoms with Crippen molar-refractivity contribution in [3.63, 3.8) is 0 Å². The van der Waals surface area contributed by atoms with E-state index in [1.807, 2.05) is 36.1 Å². The smallest absolute Gasteiger partial charge is 0.307 e. The Morgan fingerprint density at radius 2 is 2.18 bits per heavy atom. The first kappa shape index (κ1) is 20.6. The van der Waals surface area contributed by atoms with Gasteiger partial charge in [0, 0.05) is 23.7 Å². The molecular formula is C22H26ClFN2O2. The number of rotatable bonds is 7. The Morgan fingerprint density at radius 3 is 2.82 bits per heavy atom. The number of likely N-dealkylation sites (tertiary alicyclic amines) is 1. The molecule has 1 unspecified atom stereocenters. The molecule has 0 amide bonds. The van der Waals surface area contributed by atoms with Gasteiger partial charge in [-0.2, -0.15) is 0 Å². The SMILES string of the molecule is CC[C@@H](Nc1cccc(CN2CCC(C(=O)O)C2)c1F)c1ccc(Cl)c(C)c1. The van der Waals surface area contributed by atoms with Crippen molar-refractivity contribution in [3.05, 3.63) is 63.9 Å². The van der Waals surface area contributed by atoms with Crippen LogP contribution in [0.15, 0.2) is 36.4 Å². The van der Waals surface area contributed by atoms with Crippen molar-refractivity contribution >= 4 is 23.3 Å². The summed E-state index contributed by atoms with van der Waals surface area (Å²) in [6.45, 7) is 5.57. The topological polar surface area (TPSA) is 52.6 Å². The van der Waals surface area contributed by atoms with Gasteiger partial charge >= 0.3 is 5.97 Å². The van der Waals surface area contributed by atoms with Gasteiger partial charge in [-0.15, -0.1) is 0 Å². The predicted molar refractivity (Wildman–Crippen MR) is 110 cm³/mol. The number of anilines is 1. The van der Waals surface area contributed by atoms with Gasteiger partial charge in [0.25, 0.3) is 0 Å². The third-order valence-corrected chi connectivity index (χ3v) is 5.84. The van der Waals surface area contributed by atoms with E-state index in [1.54, 1.807) is 12.1 Å². The van der Waals surface area contributed by atoms with E-state index in [9.17, 15) is 4.79 Å². The monoisotopic (exact) mass is 404 g/mol. The van der Waals surface area contributed by atoms with Gasteiger partial charge in [0.2, 0.25) is 0 Å². The van der Waals surface area contributed by atoms with Crippen molar-refractivity contribution < 1.29 is 14.3 Å². The maximum Gasteiger partial charge on any atom is 0.307 e. The van der Waals surface area contributed by atoms with E-state index >= 15 is 4.39 Å². The second-order valence-corrected chi connectivity index (χ2v) is 7.86. The molecule has 3 rings (SSSR count). The summed E-state index contributed by atoms with van der Waals surface area (Å²) < 4.78 is 15.1. The van der Waals surface area contributed by atoms with Crippen LogP contribution in [0.5, 0.6) is 0 Å². The number of aryl methyl sites for hydroxylation is 1. The summed E-state index contributed by atoms with van der Waals surface area (Å²) in [7, 11) is 0. The zero-order chi connectivity index (χ0) is 20.3. The average Bonchev–Trinajstić information content (AvgIpc) is 3.14. The van der Waals surface area contributed by atoms with E-state index in [1.165, 1.54) is 0 Å². The molecule has 0 spiro atoms. The fourth-order valence-electron chi connectivity index (χ4n) is 3.73. The molecule has 0 radical (unpaired) electrons. The van der Waals surface area contributed by atoms with Crippen molar-refractivity contribution in [1.82, 2.24) is 4.90 Å². The Kier molecular flexibility index (Phi) is 6.57. The van der Waals surface area contributed by atoms with E-state index in [0.717, 1.165) is 22.6 Å². The lowest BCUT2D eigenvalue weighted by molar-refractivity contribution is -0.141. The second-order valence-electron chi connectivity index (χ2n) is 7.45. The maximum atomic E-state index is 15.1. The largest absolute Gasteiger partial charge is 0.481 e. The van der Waals surface area contributed by atoms with Crippen LogP contribution < -0.4 is 5.32 Å². The van der Waals surface area contributed by atoms with Crippen LogP contribution in [-0.4, -0.2) is 29.1 Å². The number of carboxylic acid groups (broad SMARTS) is 1. The Labute approximate surface area is 170 Å². The zero-order valence-electron chi connectivity index (χ0n) is 16.2. The summed E-state index contributed by atoms with van der Waals surface area (Å²) >= 11 is 6.12. The molecule has 0 bridgehead atoms. The van der Waals surface area contributed by atoms with Crippen molar-refractivity contribution in [3.8, 4) is 0 Å². The molecule has 1 saturated heterocycles. The van der Waals surface area contributed by atoms with Gasteiger partial charge in [0.1, 0.15) is 0 Å². The number of hydrogen-bond donors (Lipinski definition) is 2. The molecule has 4 nitrogen and oxygen atoms in total. The van der Waals surface area contributed by atoms with Gasteiger partial charge in [0.05, 0.1) is 17.6 Å². The minimum atomic E-state index is -0.776. The van der Waals surface area contributed by atoms with E-state index in [2.05, 4.69) is 12.2 Å². The summed E-state index contributed by atoms with van der Waals surface area (Å²) in [6, 6.07) is 11.2. The van der Waals surface area contributed by atoms with Crippen LogP contribution in [-0.2, 0) is 11.3 Å². The number of carboxylic acids is 1. The van der Waals surface area contributed by atoms with Gasteiger partial charge in [-0.05, 0) is 49.6 Å². The summed E-state index contributed by atoms with van der Waals surface area (Å²) in [5, 5.41) is 13.2. The standard InChI is InChI=1S/C22H26ClFN2O2/c1-3-19(15-7-8-18(23)14(2)11-15)25-20-6-4-5-16(21(20)24)12-26-10-9-17(13-26)22(27)28/h4-8,11,17,19,25H,3,9-10,12-13H2,1-2H3,(H,27,28)/t17?,19-/m1/s1. The molecule has 1 fully saturated rings. The number of carbonyl (C=O) groups is 1. The highest BCUT2D eigenvalue weighted by molar-refractivity contribution is 6.31. The summed E-state index contributed by atoms with van der Waals surface area (Å²) in [6.07, 6.45) is 1.42. The van der Waals surface area contributed by atoms with Crippen LogP contribution in [0.1, 0.15) is 42.5 Å². The predicted octanol–water partition coefficient (Wildman–Crippen LogP) is 5.26. The molecule has 6 heteroatoms. The fourth-order valence-corrected chi connectivity index (χ4v) is 3.84. The van der Waals surface area contributed by atoms with Crippen LogP contribution in [0.25, 0.3) is 0 Å². The maximum absolute atomic E-state index is 15.1. The second kappa shape index (κ2) is 8.93. The van der Waals surface area contributed by atoms with Gasteiger partial charge in [-0.25, -0.2) is 4.39 Å². The highest BCUT2D eigenvalue weighted by Gasteiger charge is 2.28. The number of benzene rings is 2. The summed E-state index contributed by atoms with van der Waals surface area (Å²) in [5.41, 5.74) is 3.11. The molecule has 150 valence electrons. The highest BCUT2D eigenvalue weighted by Crippen LogP contribution is 2.29. The zero-order valence-corrected chi connectivity index (χ0v) is 17.0. The lowest BCUT2D eigenvalue weighted by Gasteiger charge is -2.22. The van der Waals surface area contributed by atoms with E-state index in [0.29, 0.717) is 37.3 Å². The third kappa shape index (κ3) is 4.65. The van der Waals surface area contributed by atoms with Crippen LogP contribution in [0.2, 0.25) is 5.02 Å². The quantitative estimate of drug-likeness (QED) is 0.661. The van der Waals surface area contributed by atoms with Gasteiger partial charge < -0.3 is 10.4 Å². The molecular weight excluding hydrogens is 379 g/mol. The van der Waals surface area contributed by atoms with E-state index in [4.69, 9.17) is 16.7 Å². The molecule has 0 saturated carbocycles. The number of nitrogens with zero attached hydrogens (tertiary/aromatic N) is 1. The minimum absolute atomic E-state index is 0.0242. The average molecular weight is 405 g/mol. The molecule has 0 aliphatic carbocycles. The van der Waals surface area contributed by atoms with Crippen molar-refractivity contribution in [1.29, 1.82) is 0 Å². The lowest BCUT2D eigenvalue weighted by Crippen LogP contribution is -2.23. The number of nitrogens with one attached hydrogen (secondary N) is 1. The van der Waals surface area contributed by atoms with Gasteiger partial charge in [-0.1, -0.05) is 42.8 Å². The number of halogens is 2. The Hall–Kier alpha value is -2.11. The van der Waals surface area contributed by atoms with Gasteiger partial charge in [0.15, 0.2) is 5.82 Å². The van der Waals surface area contributed by atoms with E-state index < -0.39 is 5.97 Å². The third-order valence-electron chi connectivity index (χ3n) is 5.42. The molecule has 2 atom stereocenters. The Bertz CT molecular complexity index is 858. The van der Waals surface area contributed by atoms with Crippen LogP contribution in [0.3, 0.4) is 0 Å². The Morgan fingerprint density at radius 1 is 1.39 bits per heavy atom. The first-order valence-corrected chi connectivity index (χ1v) is 10.0. The van der Waals surface area contributed by atoms with Crippen LogP contribution >= 0.6 is 11.6 Å². The molecule has 1 heterocycles. The molecule has 1 aliphatic rings. The molecule has 2 aromatic carbocycles. The van der Waals surface area contributed by atoms with Crippen LogP contribution in [0, 0.1) is 18.7 Å². The van der Waals surface area contributed by atoms with Crippen molar-refractivity contribution in [2.45, 2.75) is 39.3 Å². The molecule has 0 aromatic heterocycles. The van der Waals surface area contributed by atoms with Crippen LogP contribution in [0.4, 0.5) is 10.1 Å². The molecule has 2 N–H and O–H groups in total. The van der Waals surface area contributed by atoms with E-state index in [-0.39, 0.29) is 17.8 Å². The molecule has 1 aliphatic heterocycles. The van der Waals surface area contributed by atoms with Gasteiger partial charge in [-0.3, -0.25) is 9.69 Å². The summed E-state index contributed by atoms with van der Waals surface area (Å²) in [4.78, 5) is 13.1. The minimum Gasteiger partial charge on any atom is -0.481 e. The normalized spacial score (nSPS) is 18.2. The Balaban J connectivity index is 1.74. The van der Waals surface area contributed by atoms with Crippen molar-refractivity contribution in [2.24, 2.45) is 5.92 Å².